The number of aromatic nitrogens is 1. The largest absolute Gasteiger partial charge is 0.381 e. The third-order valence-corrected chi connectivity index (χ3v) is 2.53. The maximum absolute atomic E-state index is 5.47. The summed E-state index contributed by atoms with van der Waals surface area (Å²) in [5, 5.41) is 3.65. The molecule has 0 spiro atoms. The number of hydrogen-bond acceptors (Lipinski definition) is 4. The van der Waals surface area contributed by atoms with Crippen molar-refractivity contribution in [2.24, 2.45) is 0 Å². The predicted octanol–water partition coefficient (Wildman–Crippen LogP) is 1.57. The molecule has 0 aliphatic carbocycles. The van der Waals surface area contributed by atoms with Gasteiger partial charge in [0.2, 0.25) is 0 Å². The van der Waals surface area contributed by atoms with E-state index in [1.807, 2.05) is 20.8 Å². The Morgan fingerprint density at radius 1 is 1.62 bits per heavy atom. The molecule has 1 unspecified atom stereocenters. The van der Waals surface area contributed by atoms with E-state index in [1.54, 1.807) is 13.2 Å². The molecule has 0 aliphatic heterocycles. The predicted molar refractivity (Wildman–Crippen MR) is 50.4 cm³/mol. The molecule has 4 nitrogen and oxygen atoms in total. The summed E-state index contributed by atoms with van der Waals surface area (Å²) in [5.41, 5.74) is 5.26. The highest BCUT2D eigenvalue weighted by molar-refractivity contribution is 5.30. The molecule has 2 N–H and O–H groups in total. The first-order valence-electron chi connectivity index (χ1n) is 4.24. The van der Waals surface area contributed by atoms with Crippen LogP contribution in [0.3, 0.4) is 0 Å². The van der Waals surface area contributed by atoms with Gasteiger partial charge in [-0.05, 0) is 6.92 Å². The van der Waals surface area contributed by atoms with Gasteiger partial charge in [-0.3, -0.25) is 0 Å². The number of hydrogen-bond donors (Lipinski definition) is 1. The van der Waals surface area contributed by atoms with Gasteiger partial charge < -0.3 is 15.0 Å². The third kappa shape index (κ3) is 1.83. The average Bonchev–Trinajstić information content (AvgIpc) is 2.50. The van der Waals surface area contributed by atoms with Crippen molar-refractivity contribution in [1.29, 1.82) is 0 Å². The van der Waals surface area contributed by atoms with E-state index >= 15 is 0 Å². The lowest BCUT2D eigenvalue weighted by atomic mass is 9.85. The first-order chi connectivity index (χ1) is 5.98. The second kappa shape index (κ2) is 3.38. The Kier molecular flexibility index (Phi) is 2.61. The van der Waals surface area contributed by atoms with Gasteiger partial charge in [0.25, 0.3) is 0 Å². The normalized spacial score (nSPS) is 14.5. The molecule has 1 atom stereocenters. The summed E-state index contributed by atoms with van der Waals surface area (Å²) in [6.45, 7) is 6.04. The van der Waals surface area contributed by atoms with Crippen molar-refractivity contribution in [3.8, 4) is 0 Å². The molecule has 1 aromatic rings. The van der Waals surface area contributed by atoms with Gasteiger partial charge in [-0.1, -0.05) is 19.0 Å². The highest BCUT2D eigenvalue weighted by Gasteiger charge is 2.32. The standard InChI is InChI=1S/C9H16N2O2/c1-6(12-4)9(2,3)7-5-8(10)11-13-7/h5-6H,1-4H3,(H2,10,11). The summed E-state index contributed by atoms with van der Waals surface area (Å²) in [6, 6.07) is 1.73. The van der Waals surface area contributed by atoms with Gasteiger partial charge >= 0.3 is 0 Å². The number of methoxy groups -OCH3 is 1. The number of anilines is 1. The van der Waals surface area contributed by atoms with E-state index in [0.717, 1.165) is 5.76 Å². The molecule has 1 heterocycles. The van der Waals surface area contributed by atoms with Gasteiger partial charge in [-0.15, -0.1) is 0 Å². The van der Waals surface area contributed by atoms with E-state index in [2.05, 4.69) is 5.16 Å². The third-order valence-electron chi connectivity index (χ3n) is 2.53. The summed E-state index contributed by atoms with van der Waals surface area (Å²) in [7, 11) is 1.67. The van der Waals surface area contributed by atoms with Crippen LogP contribution in [0.1, 0.15) is 26.5 Å². The van der Waals surface area contributed by atoms with Crippen molar-refractivity contribution in [2.45, 2.75) is 32.3 Å². The lowest BCUT2D eigenvalue weighted by molar-refractivity contribution is 0.0486. The zero-order valence-electron chi connectivity index (χ0n) is 8.50. The Hall–Kier alpha value is -1.03. The van der Waals surface area contributed by atoms with Crippen molar-refractivity contribution in [3.63, 3.8) is 0 Å². The van der Waals surface area contributed by atoms with E-state index in [1.165, 1.54) is 0 Å². The summed E-state index contributed by atoms with van der Waals surface area (Å²) < 4.78 is 10.3. The molecule has 1 rings (SSSR count). The maximum atomic E-state index is 5.47. The average molecular weight is 184 g/mol. The smallest absolute Gasteiger partial charge is 0.167 e. The first-order valence-corrected chi connectivity index (χ1v) is 4.24. The number of nitrogens with zero attached hydrogens (tertiary/aromatic N) is 1. The van der Waals surface area contributed by atoms with E-state index in [-0.39, 0.29) is 11.5 Å². The van der Waals surface area contributed by atoms with Crippen LogP contribution in [0.2, 0.25) is 0 Å². The number of ether oxygens (including phenoxy) is 1. The summed E-state index contributed by atoms with van der Waals surface area (Å²) in [4.78, 5) is 0. The van der Waals surface area contributed by atoms with E-state index in [4.69, 9.17) is 15.0 Å². The van der Waals surface area contributed by atoms with E-state index < -0.39 is 0 Å². The Balaban J connectivity index is 2.92. The van der Waals surface area contributed by atoms with Gasteiger partial charge in [0, 0.05) is 13.2 Å². The minimum Gasteiger partial charge on any atom is -0.381 e. The zero-order valence-corrected chi connectivity index (χ0v) is 8.50. The monoisotopic (exact) mass is 184 g/mol. The van der Waals surface area contributed by atoms with Gasteiger partial charge in [0.15, 0.2) is 5.82 Å². The zero-order chi connectivity index (χ0) is 10.1. The highest BCUT2D eigenvalue weighted by atomic mass is 16.5. The van der Waals surface area contributed by atoms with Crippen LogP contribution in [0.25, 0.3) is 0 Å². The fourth-order valence-electron chi connectivity index (χ4n) is 1.09. The SMILES string of the molecule is COC(C)C(C)(C)c1cc(N)no1. The van der Waals surface area contributed by atoms with Crippen LogP contribution in [-0.2, 0) is 10.2 Å². The Labute approximate surface area is 78.0 Å². The number of nitrogens with two attached hydrogens (primary N) is 1. The van der Waals surface area contributed by atoms with Crippen molar-refractivity contribution in [3.05, 3.63) is 11.8 Å². The van der Waals surface area contributed by atoms with Crippen LogP contribution < -0.4 is 5.73 Å². The molecule has 74 valence electrons. The van der Waals surface area contributed by atoms with Gasteiger partial charge in [-0.2, -0.15) is 0 Å². The fraction of sp³-hybridized carbons (Fsp3) is 0.667. The molecular weight excluding hydrogens is 168 g/mol. The molecular formula is C9H16N2O2. The van der Waals surface area contributed by atoms with Crippen molar-refractivity contribution in [1.82, 2.24) is 5.16 Å². The molecule has 0 radical (unpaired) electrons. The van der Waals surface area contributed by atoms with Crippen molar-refractivity contribution >= 4 is 5.82 Å². The van der Waals surface area contributed by atoms with Crippen LogP contribution in [0, 0.1) is 0 Å². The summed E-state index contributed by atoms with van der Waals surface area (Å²) in [5.74, 6) is 1.16. The van der Waals surface area contributed by atoms with Crippen LogP contribution in [0.15, 0.2) is 10.6 Å². The second-order valence-electron chi connectivity index (χ2n) is 3.72. The summed E-state index contributed by atoms with van der Waals surface area (Å²) in [6.07, 6.45) is 0.0554. The lowest BCUT2D eigenvalue weighted by Gasteiger charge is -2.27. The first kappa shape index (κ1) is 10.1. The molecule has 0 aliphatic rings. The maximum Gasteiger partial charge on any atom is 0.167 e. The second-order valence-corrected chi connectivity index (χ2v) is 3.72. The van der Waals surface area contributed by atoms with Gasteiger partial charge in [0.1, 0.15) is 5.76 Å². The molecule has 4 heteroatoms. The molecule has 0 bridgehead atoms. The van der Waals surface area contributed by atoms with Crippen LogP contribution >= 0.6 is 0 Å². The van der Waals surface area contributed by atoms with Crippen LogP contribution in [0.5, 0.6) is 0 Å². The molecule has 0 saturated heterocycles. The van der Waals surface area contributed by atoms with Crippen LogP contribution in [-0.4, -0.2) is 18.4 Å². The minimum absolute atomic E-state index is 0.0554. The Morgan fingerprint density at radius 3 is 2.62 bits per heavy atom. The molecule has 0 saturated carbocycles. The summed E-state index contributed by atoms with van der Waals surface area (Å²) >= 11 is 0. The number of rotatable bonds is 3. The Bertz CT molecular complexity index is 281. The molecule has 13 heavy (non-hydrogen) atoms. The molecule has 0 fully saturated rings. The van der Waals surface area contributed by atoms with Crippen LogP contribution in [0.4, 0.5) is 5.82 Å². The van der Waals surface area contributed by atoms with E-state index in [9.17, 15) is 0 Å². The minimum atomic E-state index is -0.209. The molecule has 0 amide bonds. The topological polar surface area (TPSA) is 61.3 Å². The van der Waals surface area contributed by atoms with Gasteiger partial charge in [0.05, 0.1) is 11.5 Å². The van der Waals surface area contributed by atoms with Gasteiger partial charge in [-0.25, -0.2) is 0 Å². The Morgan fingerprint density at radius 2 is 2.23 bits per heavy atom. The quantitative estimate of drug-likeness (QED) is 0.774. The lowest BCUT2D eigenvalue weighted by Crippen LogP contribution is -2.32. The van der Waals surface area contributed by atoms with E-state index in [0.29, 0.717) is 5.82 Å². The number of nitrogen functional groups attached to an aromatic ring is 1. The van der Waals surface area contributed by atoms with Crippen molar-refractivity contribution < 1.29 is 9.26 Å². The van der Waals surface area contributed by atoms with Crippen molar-refractivity contribution in [2.75, 3.05) is 12.8 Å². The fourth-order valence-corrected chi connectivity index (χ4v) is 1.09. The highest BCUT2D eigenvalue weighted by Crippen LogP contribution is 2.29. The molecule has 1 aromatic heterocycles. The molecule has 0 aromatic carbocycles.